The maximum atomic E-state index is 12.7. The summed E-state index contributed by atoms with van der Waals surface area (Å²) in [5, 5.41) is 9.57. The lowest BCUT2D eigenvalue weighted by Crippen LogP contribution is -2.50. The van der Waals surface area contributed by atoms with E-state index in [4.69, 9.17) is 0 Å². The second-order valence-corrected chi connectivity index (χ2v) is 9.97. The highest BCUT2D eigenvalue weighted by Gasteiger charge is 2.33. The molecule has 0 aliphatic heterocycles. The molecular weight excluding hydrogens is 438 g/mol. The lowest BCUT2D eigenvalue weighted by Gasteiger charge is -2.32. The molecule has 162 valence electrons. The number of aliphatic hydroxyl groups excluding tert-OH is 1. The first-order valence-corrected chi connectivity index (χ1v) is 11.6. The van der Waals surface area contributed by atoms with E-state index in [-0.39, 0.29) is 10.5 Å². The maximum absolute atomic E-state index is 12.7. The molecule has 0 saturated heterocycles. The maximum Gasteiger partial charge on any atom is 0.339 e. The van der Waals surface area contributed by atoms with Crippen molar-refractivity contribution in [2.45, 2.75) is 34.8 Å². The Hall–Kier alpha value is -2.74. The van der Waals surface area contributed by atoms with Gasteiger partial charge >= 0.3 is 5.97 Å². The van der Waals surface area contributed by atoms with Gasteiger partial charge in [-0.25, -0.2) is 26.4 Å². The summed E-state index contributed by atoms with van der Waals surface area (Å²) < 4.78 is 59.2. The molecule has 1 heterocycles. The van der Waals surface area contributed by atoms with Gasteiger partial charge in [0.25, 0.3) is 15.6 Å². The summed E-state index contributed by atoms with van der Waals surface area (Å²) >= 11 is 0. The van der Waals surface area contributed by atoms with Crippen LogP contribution in [0.1, 0.15) is 23.2 Å². The summed E-state index contributed by atoms with van der Waals surface area (Å²) in [5.74, 6) is -0.788. The lowest BCUT2D eigenvalue weighted by molar-refractivity contribution is 0.0599. The van der Waals surface area contributed by atoms with Crippen molar-refractivity contribution in [2.24, 2.45) is 0 Å². The van der Waals surface area contributed by atoms with Crippen LogP contribution in [0.15, 0.2) is 51.1 Å². The van der Waals surface area contributed by atoms with Gasteiger partial charge in [-0.3, -0.25) is 9.52 Å². The summed E-state index contributed by atoms with van der Waals surface area (Å²) in [7, 11) is -7.31. The van der Waals surface area contributed by atoms with Crippen molar-refractivity contribution in [3.05, 3.63) is 52.4 Å². The SMILES string of the molecule is COC(=O)c1c[nH]c(=O)c(NS(=O)(=O)c2cccc(S(=O)(=O)N[C@@H]3CC[C@H]3O)c2)c1. The van der Waals surface area contributed by atoms with Crippen molar-refractivity contribution in [3.63, 3.8) is 0 Å². The van der Waals surface area contributed by atoms with E-state index in [2.05, 4.69) is 14.4 Å². The number of benzene rings is 1. The second kappa shape index (κ2) is 8.18. The molecular formula is C17H19N3O8S2. The quantitative estimate of drug-likeness (QED) is 0.413. The van der Waals surface area contributed by atoms with Gasteiger partial charge in [-0.15, -0.1) is 0 Å². The largest absolute Gasteiger partial charge is 0.465 e. The van der Waals surface area contributed by atoms with Gasteiger partial charge in [-0.05, 0) is 37.1 Å². The van der Waals surface area contributed by atoms with E-state index >= 15 is 0 Å². The molecule has 1 aliphatic carbocycles. The van der Waals surface area contributed by atoms with E-state index in [0.29, 0.717) is 12.8 Å². The standard InChI is InChI=1S/C17H19N3O8S2/c1-28-17(23)10-7-14(16(22)18-9-10)20-30(26,27)12-4-2-3-11(8-12)29(24,25)19-13-5-6-15(13)21/h2-4,7-9,13,15,19-21H,5-6H2,1H3,(H,18,22)/t13-,15-/m1/s1. The third-order valence-corrected chi connectivity index (χ3v) is 7.39. The molecule has 3 rings (SSSR count). The fourth-order valence-electron chi connectivity index (χ4n) is 2.69. The van der Waals surface area contributed by atoms with Crippen LogP contribution >= 0.6 is 0 Å². The summed E-state index contributed by atoms with van der Waals surface area (Å²) in [4.78, 5) is 25.0. The number of anilines is 1. The van der Waals surface area contributed by atoms with Crippen molar-refractivity contribution in [1.82, 2.24) is 9.71 Å². The summed E-state index contributed by atoms with van der Waals surface area (Å²) in [5.41, 5.74) is -1.34. The molecule has 13 heteroatoms. The molecule has 1 saturated carbocycles. The molecule has 1 aromatic carbocycles. The van der Waals surface area contributed by atoms with Crippen LogP contribution < -0.4 is 15.0 Å². The monoisotopic (exact) mass is 457 g/mol. The van der Waals surface area contributed by atoms with Crippen LogP contribution in [-0.2, 0) is 24.8 Å². The molecule has 0 spiro atoms. The van der Waals surface area contributed by atoms with Crippen LogP contribution in [0.2, 0.25) is 0 Å². The molecule has 0 radical (unpaired) electrons. The van der Waals surface area contributed by atoms with Gasteiger partial charge in [-0.2, -0.15) is 0 Å². The number of aliphatic hydroxyl groups is 1. The highest BCUT2D eigenvalue weighted by atomic mass is 32.2. The number of hydrogen-bond donors (Lipinski definition) is 4. The van der Waals surface area contributed by atoms with Gasteiger partial charge < -0.3 is 14.8 Å². The minimum atomic E-state index is -4.36. The highest BCUT2D eigenvalue weighted by molar-refractivity contribution is 7.93. The Morgan fingerprint density at radius 2 is 1.80 bits per heavy atom. The molecule has 1 aliphatic rings. The van der Waals surface area contributed by atoms with Gasteiger partial charge in [-0.1, -0.05) is 6.07 Å². The number of hydrogen-bond acceptors (Lipinski definition) is 8. The van der Waals surface area contributed by atoms with Gasteiger partial charge in [0.2, 0.25) is 10.0 Å². The number of sulfonamides is 2. The van der Waals surface area contributed by atoms with Crippen molar-refractivity contribution in [2.75, 3.05) is 11.8 Å². The third kappa shape index (κ3) is 4.53. The zero-order valence-corrected chi connectivity index (χ0v) is 17.3. The predicted molar refractivity (Wildman–Crippen MR) is 105 cm³/mol. The minimum Gasteiger partial charge on any atom is -0.465 e. The van der Waals surface area contributed by atoms with E-state index in [9.17, 15) is 31.5 Å². The second-order valence-electron chi connectivity index (χ2n) is 6.58. The van der Waals surface area contributed by atoms with Gasteiger partial charge in [0.15, 0.2) is 0 Å². The number of pyridine rings is 1. The number of H-pyrrole nitrogens is 1. The van der Waals surface area contributed by atoms with Crippen molar-refractivity contribution in [1.29, 1.82) is 0 Å². The normalized spacial score (nSPS) is 19.0. The first-order valence-electron chi connectivity index (χ1n) is 8.68. The number of carbonyl (C=O) groups excluding carboxylic acids is 1. The van der Waals surface area contributed by atoms with Crippen LogP contribution in [0.25, 0.3) is 0 Å². The van der Waals surface area contributed by atoms with E-state index in [1.807, 2.05) is 4.72 Å². The Bertz CT molecular complexity index is 1240. The molecule has 30 heavy (non-hydrogen) atoms. The number of nitrogens with one attached hydrogen (secondary N) is 3. The number of esters is 1. The van der Waals surface area contributed by atoms with Crippen LogP contribution in [0, 0.1) is 0 Å². The Labute approximate surface area is 172 Å². The van der Waals surface area contributed by atoms with E-state index in [0.717, 1.165) is 31.5 Å². The average molecular weight is 457 g/mol. The number of ether oxygens (including phenoxy) is 1. The van der Waals surface area contributed by atoms with Crippen LogP contribution in [0.5, 0.6) is 0 Å². The molecule has 1 aromatic heterocycles. The molecule has 0 unspecified atom stereocenters. The zero-order chi connectivity index (χ0) is 22.1. The third-order valence-electron chi connectivity index (χ3n) is 4.54. The van der Waals surface area contributed by atoms with Gasteiger partial charge in [0, 0.05) is 12.2 Å². The molecule has 0 amide bonds. The van der Waals surface area contributed by atoms with Crippen LogP contribution in [0.4, 0.5) is 5.69 Å². The number of carbonyl (C=O) groups is 1. The summed E-state index contributed by atoms with van der Waals surface area (Å²) in [6.45, 7) is 0. The summed E-state index contributed by atoms with van der Waals surface area (Å²) in [6, 6.07) is 4.88. The van der Waals surface area contributed by atoms with E-state index < -0.39 is 54.3 Å². The Kier molecular flexibility index (Phi) is 5.99. The van der Waals surface area contributed by atoms with Gasteiger partial charge in [0.1, 0.15) is 5.69 Å². The van der Waals surface area contributed by atoms with Crippen molar-refractivity contribution >= 4 is 31.7 Å². The van der Waals surface area contributed by atoms with Crippen LogP contribution in [0.3, 0.4) is 0 Å². The number of methoxy groups -OCH3 is 1. The molecule has 1 fully saturated rings. The van der Waals surface area contributed by atoms with E-state index in [1.54, 1.807) is 0 Å². The molecule has 0 bridgehead atoms. The van der Waals surface area contributed by atoms with Crippen molar-refractivity contribution < 1.29 is 31.5 Å². The molecule has 2 atom stereocenters. The smallest absolute Gasteiger partial charge is 0.339 e. The average Bonchev–Trinajstić information content (AvgIpc) is 2.72. The Morgan fingerprint density at radius 3 is 2.37 bits per heavy atom. The topological polar surface area (TPSA) is 172 Å². The van der Waals surface area contributed by atoms with Crippen molar-refractivity contribution in [3.8, 4) is 0 Å². The molecule has 4 N–H and O–H groups in total. The molecule has 2 aromatic rings. The van der Waals surface area contributed by atoms with Crippen LogP contribution in [-0.4, -0.2) is 52.2 Å². The first kappa shape index (κ1) is 22.0. The Balaban J connectivity index is 1.90. The predicted octanol–water partition coefficient (Wildman–Crippen LogP) is -0.236. The summed E-state index contributed by atoms with van der Waals surface area (Å²) in [6.07, 6.45) is 1.23. The van der Waals surface area contributed by atoms with E-state index in [1.165, 1.54) is 12.1 Å². The Morgan fingerprint density at radius 1 is 1.13 bits per heavy atom. The lowest BCUT2D eigenvalue weighted by atomic mass is 9.90. The zero-order valence-electron chi connectivity index (χ0n) is 15.7. The number of aromatic nitrogens is 1. The fraction of sp³-hybridized carbons (Fsp3) is 0.294. The highest BCUT2D eigenvalue weighted by Crippen LogP contribution is 2.23. The minimum absolute atomic E-state index is 0.0885. The van der Waals surface area contributed by atoms with Gasteiger partial charge in [0.05, 0.1) is 28.6 Å². The fourth-order valence-corrected chi connectivity index (χ4v) is 5.22. The first-order chi connectivity index (χ1) is 14.0. The molecule has 11 nitrogen and oxygen atoms in total. The number of rotatable bonds is 7. The number of aromatic amines is 1.